The monoisotopic (exact) mass is 683 g/mol. The van der Waals surface area contributed by atoms with Gasteiger partial charge in [0, 0.05) is 59.4 Å². The van der Waals surface area contributed by atoms with E-state index >= 15 is 0 Å². The summed E-state index contributed by atoms with van der Waals surface area (Å²) in [6.07, 6.45) is 0. The fourth-order valence-electron chi connectivity index (χ4n) is 7.75. The molecular weight excluding hydrogens is 651 g/mol. The molecule has 52 heavy (non-hydrogen) atoms. The zero-order chi connectivity index (χ0) is 34.4. The number of fused-ring (bicyclic) bond motifs is 6. The van der Waals surface area contributed by atoms with E-state index in [9.17, 15) is 0 Å². The van der Waals surface area contributed by atoms with Gasteiger partial charge in [0.2, 0.25) is 0 Å². The molecule has 0 aliphatic rings. The summed E-state index contributed by atoms with van der Waals surface area (Å²) in [5, 5.41) is 5.00. The lowest BCUT2D eigenvalue weighted by atomic mass is 10.0. The van der Waals surface area contributed by atoms with Crippen molar-refractivity contribution < 1.29 is 0 Å². The standard InChI is InChI=1S/C48H33N3S/c1-5-18-34(19-6-1)49(35-20-7-2-8-21-35)38-32-44(50(36-22-9-3-10-23-36)37-24-11-4-12-25-37)48-46(33-38)52-45-31-17-30-43(47(45)48)51-41-28-15-13-26-39(41)40-27-14-16-29-42(40)51/h1-33H. The Morgan fingerprint density at radius 3 is 1.33 bits per heavy atom. The number of rotatable bonds is 7. The van der Waals surface area contributed by atoms with Crippen LogP contribution in [0.25, 0.3) is 47.7 Å². The first-order valence-electron chi connectivity index (χ1n) is 17.6. The van der Waals surface area contributed by atoms with E-state index in [1.807, 2.05) is 11.3 Å². The topological polar surface area (TPSA) is 11.4 Å². The molecule has 0 fully saturated rings. The zero-order valence-corrected chi connectivity index (χ0v) is 29.1. The molecular formula is C48H33N3S. The van der Waals surface area contributed by atoms with Gasteiger partial charge in [-0.3, -0.25) is 0 Å². The summed E-state index contributed by atoms with van der Waals surface area (Å²) in [4.78, 5) is 4.80. The molecule has 0 atom stereocenters. The van der Waals surface area contributed by atoms with E-state index in [0.717, 1.165) is 34.1 Å². The summed E-state index contributed by atoms with van der Waals surface area (Å²) in [5.41, 5.74) is 10.2. The fourth-order valence-corrected chi connectivity index (χ4v) is 8.93. The summed E-state index contributed by atoms with van der Waals surface area (Å²) >= 11 is 1.86. The van der Waals surface area contributed by atoms with Gasteiger partial charge in [0.25, 0.3) is 0 Å². The van der Waals surface area contributed by atoms with Crippen molar-refractivity contribution in [3.63, 3.8) is 0 Å². The summed E-state index contributed by atoms with van der Waals surface area (Å²) in [6, 6.07) is 72.0. The molecule has 0 aliphatic heterocycles. The number of hydrogen-bond donors (Lipinski definition) is 0. The first-order chi connectivity index (χ1) is 25.8. The van der Waals surface area contributed by atoms with Crippen molar-refractivity contribution >= 4 is 87.4 Å². The lowest BCUT2D eigenvalue weighted by Crippen LogP contribution is -2.13. The maximum atomic E-state index is 2.46. The first kappa shape index (κ1) is 30.2. The van der Waals surface area contributed by atoms with Crippen LogP contribution in [0.2, 0.25) is 0 Å². The van der Waals surface area contributed by atoms with Gasteiger partial charge in [-0.2, -0.15) is 0 Å². The van der Waals surface area contributed by atoms with Crippen LogP contribution in [0.5, 0.6) is 0 Å². The SMILES string of the molecule is c1ccc(N(c2ccccc2)c2cc(N(c3ccccc3)c3ccccc3)c3c(c2)sc2cccc(-n4c5ccccc5c5ccccc54)c23)cc1. The van der Waals surface area contributed by atoms with Crippen LogP contribution in [0.1, 0.15) is 0 Å². The number of anilines is 6. The van der Waals surface area contributed by atoms with Crippen LogP contribution >= 0.6 is 11.3 Å². The Balaban J connectivity index is 1.35. The fraction of sp³-hybridized carbons (Fsp3) is 0. The van der Waals surface area contributed by atoms with Crippen LogP contribution in [-0.4, -0.2) is 4.57 Å². The molecule has 0 aliphatic carbocycles. The van der Waals surface area contributed by atoms with E-state index in [2.05, 4.69) is 215 Å². The lowest BCUT2D eigenvalue weighted by Gasteiger charge is -2.30. The molecule has 0 saturated heterocycles. The van der Waals surface area contributed by atoms with Gasteiger partial charge in [-0.1, -0.05) is 115 Å². The van der Waals surface area contributed by atoms with E-state index < -0.39 is 0 Å². The average molecular weight is 684 g/mol. The quantitative estimate of drug-likeness (QED) is 0.166. The largest absolute Gasteiger partial charge is 0.310 e. The second-order valence-electron chi connectivity index (χ2n) is 13.0. The Morgan fingerprint density at radius 1 is 0.346 bits per heavy atom. The highest BCUT2D eigenvalue weighted by atomic mass is 32.1. The van der Waals surface area contributed by atoms with Crippen LogP contribution in [0.4, 0.5) is 34.1 Å². The molecule has 0 N–H and O–H groups in total. The van der Waals surface area contributed by atoms with Crippen molar-refractivity contribution in [1.82, 2.24) is 4.57 Å². The molecule has 0 amide bonds. The maximum Gasteiger partial charge on any atom is 0.0576 e. The molecule has 0 unspecified atom stereocenters. The highest BCUT2D eigenvalue weighted by Gasteiger charge is 2.25. The summed E-state index contributed by atoms with van der Waals surface area (Å²) in [5.74, 6) is 0. The van der Waals surface area contributed by atoms with Crippen LogP contribution in [-0.2, 0) is 0 Å². The van der Waals surface area contributed by atoms with E-state index in [1.54, 1.807) is 0 Å². The molecule has 8 aromatic carbocycles. The van der Waals surface area contributed by atoms with Gasteiger partial charge >= 0.3 is 0 Å². The van der Waals surface area contributed by atoms with Crippen molar-refractivity contribution in [3.05, 3.63) is 200 Å². The molecule has 0 radical (unpaired) electrons. The van der Waals surface area contributed by atoms with Gasteiger partial charge in [0.1, 0.15) is 0 Å². The van der Waals surface area contributed by atoms with Crippen molar-refractivity contribution in [3.8, 4) is 5.69 Å². The highest BCUT2D eigenvalue weighted by Crippen LogP contribution is 2.50. The van der Waals surface area contributed by atoms with Gasteiger partial charge < -0.3 is 14.4 Å². The smallest absolute Gasteiger partial charge is 0.0576 e. The summed E-state index contributed by atoms with van der Waals surface area (Å²) < 4.78 is 4.94. The van der Waals surface area contributed by atoms with E-state index in [4.69, 9.17) is 0 Å². The van der Waals surface area contributed by atoms with Crippen molar-refractivity contribution in [1.29, 1.82) is 0 Å². The minimum Gasteiger partial charge on any atom is -0.310 e. The minimum atomic E-state index is 1.10. The molecule has 0 saturated carbocycles. The van der Waals surface area contributed by atoms with Gasteiger partial charge in [-0.05, 0) is 84.9 Å². The molecule has 0 spiro atoms. The molecule has 4 heteroatoms. The zero-order valence-electron chi connectivity index (χ0n) is 28.3. The lowest BCUT2D eigenvalue weighted by molar-refractivity contribution is 1.20. The van der Waals surface area contributed by atoms with E-state index in [0.29, 0.717) is 0 Å². The Morgan fingerprint density at radius 2 is 0.808 bits per heavy atom. The van der Waals surface area contributed by atoms with Gasteiger partial charge in [0.15, 0.2) is 0 Å². The van der Waals surface area contributed by atoms with Crippen LogP contribution in [0, 0.1) is 0 Å². The van der Waals surface area contributed by atoms with Gasteiger partial charge in [0.05, 0.1) is 22.4 Å². The number of benzene rings is 8. The number of aromatic nitrogens is 1. The third-order valence-corrected chi connectivity index (χ3v) is 11.0. The Labute approximate surface area is 306 Å². The second-order valence-corrected chi connectivity index (χ2v) is 14.1. The van der Waals surface area contributed by atoms with Crippen molar-refractivity contribution in [2.45, 2.75) is 0 Å². The number of nitrogens with zero attached hydrogens (tertiary/aromatic N) is 3. The molecule has 2 aromatic heterocycles. The maximum absolute atomic E-state index is 2.46. The van der Waals surface area contributed by atoms with Crippen molar-refractivity contribution in [2.24, 2.45) is 0 Å². The minimum absolute atomic E-state index is 1.10. The third-order valence-electron chi connectivity index (χ3n) is 9.92. The van der Waals surface area contributed by atoms with E-state index in [1.165, 1.54) is 47.7 Å². The molecule has 0 bridgehead atoms. The van der Waals surface area contributed by atoms with Crippen molar-refractivity contribution in [2.75, 3.05) is 9.80 Å². The van der Waals surface area contributed by atoms with Crippen LogP contribution in [0.3, 0.4) is 0 Å². The van der Waals surface area contributed by atoms with Gasteiger partial charge in [-0.25, -0.2) is 0 Å². The molecule has 10 rings (SSSR count). The van der Waals surface area contributed by atoms with E-state index in [-0.39, 0.29) is 0 Å². The molecule has 2 heterocycles. The highest BCUT2D eigenvalue weighted by molar-refractivity contribution is 7.26. The molecule has 10 aromatic rings. The van der Waals surface area contributed by atoms with Gasteiger partial charge in [-0.15, -0.1) is 11.3 Å². The normalized spacial score (nSPS) is 11.5. The predicted octanol–water partition coefficient (Wildman–Crippen LogP) is 14.1. The average Bonchev–Trinajstić information content (AvgIpc) is 3.76. The second kappa shape index (κ2) is 12.6. The Bertz CT molecular complexity index is 2710. The molecule has 246 valence electrons. The number of para-hydroxylation sites is 6. The Hall–Kier alpha value is -6.62. The first-order valence-corrected chi connectivity index (χ1v) is 18.4. The van der Waals surface area contributed by atoms with Crippen LogP contribution in [0.15, 0.2) is 200 Å². The number of thiophene rings is 1. The summed E-state index contributed by atoms with van der Waals surface area (Å²) in [6.45, 7) is 0. The number of hydrogen-bond acceptors (Lipinski definition) is 3. The Kier molecular flexibility index (Phi) is 7.33. The summed E-state index contributed by atoms with van der Waals surface area (Å²) in [7, 11) is 0. The molecule has 3 nitrogen and oxygen atoms in total. The third kappa shape index (κ3) is 4.96. The predicted molar refractivity (Wildman–Crippen MR) is 223 cm³/mol. The van der Waals surface area contributed by atoms with Crippen LogP contribution < -0.4 is 9.80 Å².